The van der Waals surface area contributed by atoms with Crippen LogP contribution in [0.4, 0.5) is 5.13 Å². The van der Waals surface area contributed by atoms with E-state index in [0.717, 1.165) is 24.4 Å². The molecule has 7 heteroatoms. The first kappa shape index (κ1) is 15.2. The van der Waals surface area contributed by atoms with Crippen molar-refractivity contribution in [2.24, 2.45) is 0 Å². The van der Waals surface area contributed by atoms with Gasteiger partial charge in [-0.15, -0.1) is 0 Å². The number of hydrogen-bond donors (Lipinski definition) is 1. The van der Waals surface area contributed by atoms with Crippen LogP contribution in [0.2, 0.25) is 5.15 Å². The van der Waals surface area contributed by atoms with Gasteiger partial charge < -0.3 is 14.9 Å². The van der Waals surface area contributed by atoms with E-state index in [1.54, 1.807) is 0 Å². The van der Waals surface area contributed by atoms with Gasteiger partial charge in [0.15, 0.2) is 15.2 Å². The molecule has 0 amide bonds. The molecule has 0 aliphatic carbocycles. The number of anilines is 1. The molecule has 0 fully saturated rings. The lowest BCUT2D eigenvalue weighted by atomic mass is 10.3. The summed E-state index contributed by atoms with van der Waals surface area (Å²) in [6.07, 6.45) is 0. The number of likely N-dealkylation sites (N-methyl/N-ethyl adjacent to an activating group) is 2. The Bertz CT molecular complexity index is 422. The van der Waals surface area contributed by atoms with Crippen LogP contribution < -0.4 is 4.90 Å². The second-order valence-electron chi connectivity index (χ2n) is 4.32. The molecule has 0 radical (unpaired) electrons. The molecule has 0 aliphatic heterocycles. The summed E-state index contributed by atoms with van der Waals surface area (Å²) in [5.41, 5.74) is 0. The number of carboxylic acid groups (broad SMARTS) is 1. The van der Waals surface area contributed by atoms with Crippen LogP contribution in [-0.4, -0.2) is 54.2 Å². The summed E-state index contributed by atoms with van der Waals surface area (Å²) in [5.74, 6) is -1.03. The van der Waals surface area contributed by atoms with Crippen LogP contribution in [-0.2, 0) is 0 Å². The Balaban J connectivity index is 2.95. The quantitative estimate of drug-likeness (QED) is 0.871. The summed E-state index contributed by atoms with van der Waals surface area (Å²) in [7, 11) is 4.00. The Morgan fingerprint density at radius 2 is 2.17 bits per heavy atom. The number of rotatable bonds is 6. The second kappa shape index (κ2) is 6.36. The van der Waals surface area contributed by atoms with Crippen LogP contribution in [0.1, 0.15) is 23.5 Å². The highest BCUT2D eigenvalue weighted by Crippen LogP contribution is 2.30. The summed E-state index contributed by atoms with van der Waals surface area (Å²) in [6.45, 7) is 5.73. The molecule has 0 saturated heterocycles. The van der Waals surface area contributed by atoms with Gasteiger partial charge in [0.1, 0.15) is 0 Å². The van der Waals surface area contributed by atoms with Crippen molar-refractivity contribution in [2.75, 3.05) is 32.1 Å². The zero-order chi connectivity index (χ0) is 13.9. The fourth-order valence-corrected chi connectivity index (χ4v) is 3.10. The number of halogens is 1. The van der Waals surface area contributed by atoms with Crippen molar-refractivity contribution in [3.05, 3.63) is 10.0 Å². The first-order chi connectivity index (χ1) is 8.36. The smallest absolute Gasteiger partial charge is 0.349 e. The molecule has 102 valence electrons. The van der Waals surface area contributed by atoms with Gasteiger partial charge in [0, 0.05) is 19.1 Å². The molecule has 0 aliphatic rings. The summed E-state index contributed by atoms with van der Waals surface area (Å²) in [4.78, 5) is 19.3. The van der Waals surface area contributed by atoms with Gasteiger partial charge in [0.25, 0.3) is 0 Å². The van der Waals surface area contributed by atoms with Gasteiger partial charge in [0.05, 0.1) is 0 Å². The fourth-order valence-electron chi connectivity index (χ4n) is 1.81. The molecule has 1 rings (SSSR count). The molecule has 0 spiro atoms. The molecule has 0 aromatic carbocycles. The van der Waals surface area contributed by atoms with Gasteiger partial charge in [-0.3, -0.25) is 0 Å². The van der Waals surface area contributed by atoms with Crippen molar-refractivity contribution in [1.29, 1.82) is 0 Å². The van der Waals surface area contributed by atoms with Crippen LogP contribution in [0, 0.1) is 0 Å². The number of aromatic nitrogens is 1. The minimum atomic E-state index is -1.03. The van der Waals surface area contributed by atoms with Crippen molar-refractivity contribution < 1.29 is 9.90 Å². The number of carbonyl (C=O) groups is 1. The lowest BCUT2D eigenvalue weighted by molar-refractivity contribution is 0.0702. The molecule has 1 unspecified atom stereocenters. The summed E-state index contributed by atoms with van der Waals surface area (Å²) in [5, 5.41) is 9.71. The summed E-state index contributed by atoms with van der Waals surface area (Å²) < 4.78 is 0. The zero-order valence-electron chi connectivity index (χ0n) is 11.0. The number of thiazole rings is 1. The number of aromatic carboxylic acids is 1. The number of nitrogens with zero attached hydrogens (tertiary/aromatic N) is 3. The third-order valence-electron chi connectivity index (χ3n) is 2.52. The number of carboxylic acids is 1. The highest BCUT2D eigenvalue weighted by molar-refractivity contribution is 7.18. The Labute approximate surface area is 116 Å². The first-order valence-corrected chi connectivity index (χ1v) is 6.87. The van der Waals surface area contributed by atoms with Gasteiger partial charge in [-0.1, -0.05) is 22.9 Å². The summed E-state index contributed by atoms with van der Waals surface area (Å²) in [6, 6.07) is 0.244. The van der Waals surface area contributed by atoms with Crippen molar-refractivity contribution in [2.45, 2.75) is 19.9 Å². The molecule has 1 heterocycles. The van der Waals surface area contributed by atoms with Gasteiger partial charge in [-0.05, 0) is 27.9 Å². The third-order valence-corrected chi connectivity index (χ3v) is 3.98. The topological polar surface area (TPSA) is 56.7 Å². The van der Waals surface area contributed by atoms with E-state index in [0.29, 0.717) is 5.13 Å². The molecular formula is C11H18ClN3O2S. The predicted molar refractivity (Wildman–Crippen MR) is 75.1 cm³/mol. The monoisotopic (exact) mass is 291 g/mol. The van der Waals surface area contributed by atoms with Crippen molar-refractivity contribution >= 4 is 34.0 Å². The normalized spacial score (nSPS) is 12.8. The molecule has 1 N–H and O–H groups in total. The first-order valence-electron chi connectivity index (χ1n) is 5.67. The molecule has 18 heavy (non-hydrogen) atoms. The average molecular weight is 292 g/mol. The van der Waals surface area contributed by atoms with Gasteiger partial charge in [0.2, 0.25) is 0 Å². The SMILES string of the molecule is CCN(c1nc(Cl)c(C(=O)O)s1)C(C)CN(C)C. The highest BCUT2D eigenvalue weighted by Gasteiger charge is 2.22. The lowest BCUT2D eigenvalue weighted by Crippen LogP contribution is -2.40. The van der Waals surface area contributed by atoms with E-state index < -0.39 is 5.97 Å². The van der Waals surface area contributed by atoms with E-state index in [9.17, 15) is 4.79 Å². The third kappa shape index (κ3) is 3.57. The molecule has 5 nitrogen and oxygen atoms in total. The van der Waals surface area contributed by atoms with Gasteiger partial charge in [-0.25, -0.2) is 9.78 Å². The van der Waals surface area contributed by atoms with E-state index in [2.05, 4.69) is 21.7 Å². The van der Waals surface area contributed by atoms with Crippen molar-refractivity contribution in [3.63, 3.8) is 0 Å². The van der Waals surface area contributed by atoms with Crippen molar-refractivity contribution in [1.82, 2.24) is 9.88 Å². The molecule has 1 aromatic heterocycles. The van der Waals surface area contributed by atoms with E-state index in [1.807, 2.05) is 21.0 Å². The van der Waals surface area contributed by atoms with Crippen molar-refractivity contribution in [3.8, 4) is 0 Å². The van der Waals surface area contributed by atoms with Gasteiger partial charge >= 0.3 is 5.97 Å². The summed E-state index contributed by atoms with van der Waals surface area (Å²) >= 11 is 6.95. The second-order valence-corrected chi connectivity index (χ2v) is 5.65. The van der Waals surface area contributed by atoms with Crippen LogP contribution in [0.15, 0.2) is 0 Å². The molecule has 0 bridgehead atoms. The Kier molecular flexibility index (Phi) is 5.37. The van der Waals surface area contributed by atoms with Crippen LogP contribution in [0.25, 0.3) is 0 Å². The van der Waals surface area contributed by atoms with Crippen LogP contribution in [0.3, 0.4) is 0 Å². The molecule has 0 saturated carbocycles. The largest absolute Gasteiger partial charge is 0.477 e. The zero-order valence-corrected chi connectivity index (χ0v) is 12.5. The molecule has 1 aromatic rings. The standard InChI is InChI=1S/C11H18ClN3O2S/c1-5-15(7(2)6-14(3)4)11-13-9(12)8(18-11)10(16)17/h7H,5-6H2,1-4H3,(H,16,17). The average Bonchev–Trinajstić information content (AvgIpc) is 2.60. The fraction of sp³-hybridized carbons (Fsp3) is 0.636. The maximum absolute atomic E-state index is 11.0. The van der Waals surface area contributed by atoms with E-state index in [4.69, 9.17) is 16.7 Å². The minimum Gasteiger partial charge on any atom is -0.477 e. The lowest BCUT2D eigenvalue weighted by Gasteiger charge is -2.29. The highest BCUT2D eigenvalue weighted by atomic mass is 35.5. The van der Waals surface area contributed by atoms with Crippen LogP contribution >= 0.6 is 22.9 Å². The Hall–Kier alpha value is -0.850. The minimum absolute atomic E-state index is 0.0676. The van der Waals surface area contributed by atoms with Gasteiger partial charge in [-0.2, -0.15) is 0 Å². The maximum Gasteiger partial charge on any atom is 0.349 e. The Morgan fingerprint density at radius 1 is 1.56 bits per heavy atom. The number of hydrogen-bond acceptors (Lipinski definition) is 5. The molecule has 1 atom stereocenters. The van der Waals surface area contributed by atoms with E-state index >= 15 is 0 Å². The van der Waals surface area contributed by atoms with Crippen LogP contribution in [0.5, 0.6) is 0 Å². The molecular weight excluding hydrogens is 274 g/mol. The van der Waals surface area contributed by atoms with E-state index in [1.165, 1.54) is 0 Å². The van der Waals surface area contributed by atoms with E-state index in [-0.39, 0.29) is 16.1 Å². The maximum atomic E-state index is 11.0. The Morgan fingerprint density at radius 3 is 2.56 bits per heavy atom. The predicted octanol–water partition coefficient (Wildman–Crippen LogP) is 2.27.